The monoisotopic (exact) mass is 446 g/mol. The van der Waals surface area contributed by atoms with Gasteiger partial charge in [0.2, 0.25) is 0 Å². The molecule has 2 nitrogen and oxygen atoms in total. The molecule has 0 aliphatic heterocycles. The number of unbranched alkanes of at least 4 members (excludes halogenated alkanes) is 12. The summed E-state index contributed by atoms with van der Waals surface area (Å²) in [5.74, 6) is 0. The summed E-state index contributed by atoms with van der Waals surface area (Å²) in [6.07, 6.45) is 20.8. The van der Waals surface area contributed by atoms with Crippen molar-refractivity contribution in [3.8, 4) is 0 Å². The van der Waals surface area contributed by atoms with Crippen LogP contribution in [0, 0.1) is 0 Å². The van der Waals surface area contributed by atoms with Gasteiger partial charge in [0.1, 0.15) is 6.01 Å². The zero-order valence-electron chi connectivity index (χ0n) is 21.3. The molecule has 0 unspecified atom stereocenters. The third-order valence-electron chi connectivity index (χ3n) is 6.42. The van der Waals surface area contributed by atoms with Crippen LogP contribution in [0.25, 0.3) is 0 Å². The smallest absolute Gasteiger partial charge is 0.100 e. The molecule has 0 aromatic heterocycles. The minimum Gasteiger partial charge on any atom is -0.187 e. The number of rotatable bonds is 18. The van der Waals surface area contributed by atoms with Crippen LogP contribution >= 0.6 is 0 Å². The van der Waals surface area contributed by atoms with E-state index in [9.17, 15) is 0 Å². The average molecular weight is 447 g/mol. The summed E-state index contributed by atoms with van der Waals surface area (Å²) in [6.45, 7) is 4.55. The first-order chi connectivity index (χ1) is 16.3. The van der Waals surface area contributed by atoms with Crippen LogP contribution in [0.5, 0.6) is 0 Å². The molecule has 0 aliphatic rings. The zero-order chi connectivity index (χ0) is 23.4. The molecule has 180 valence electrons. The summed E-state index contributed by atoms with van der Waals surface area (Å²) in [6, 6.07) is 19.9. The van der Waals surface area contributed by atoms with Crippen molar-refractivity contribution in [1.29, 1.82) is 0 Å². The van der Waals surface area contributed by atoms with Gasteiger partial charge in [-0.15, -0.1) is 0 Å². The Balaban J connectivity index is 1.85. The largest absolute Gasteiger partial charge is 0.187 e. The lowest BCUT2D eigenvalue weighted by Gasteiger charge is -2.05. The Labute approximate surface area is 203 Å². The fraction of sp³-hybridized carbons (Fsp3) is 0.581. The van der Waals surface area contributed by atoms with Crippen molar-refractivity contribution in [2.75, 3.05) is 0 Å². The molecule has 0 bridgehead atoms. The fourth-order valence-electron chi connectivity index (χ4n) is 4.34. The molecule has 0 fully saturated rings. The maximum absolute atomic E-state index is 4.60. The summed E-state index contributed by atoms with van der Waals surface area (Å²) in [4.78, 5) is 9.21. The number of hydrogen-bond acceptors (Lipinski definition) is 2. The highest BCUT2D eigenvalue weighted by molar-refractivity contribution is 5.61. The van der Waals surface area contributed by atoms with E-state index in [4.69, 9.17) is 0 Å². The maximum Gasteiger partial charge on any atom is 0.100 e. The third kappa shape index (κ3) is 12.0. The van der Waals surface area contributed by atoms with Crippen LogP contribution in [-0.2, 0) is 12.8 Å². The molecule has 2 heteroatoms. The average Bonchev–Trinajstić information content (AvgIpc) is 2.84. The van der Waals surface area contributed by atoms with Gasteiger partial charge in [-0.3, -0.25) is 0 Å². The second kappa shape index (κ2) is 18.3. The predicted octanol–water partition coefficient (Wildman–Crippen LogP) is 10.4. The van der Waals surface area contributed by atoms with Crippen molar-refractivity contribution >= 4 is 17.4 Å². The van der Waals surface area contributed by atoms with Gasteiger partial charge in [0, 0.05) is 0 Å². The quantitative estimate of drug-likeness (QED) is 0.161. The van der Waals surface area contributed by atoms with Gasteiger partial charge in [0.15, 0.2) is 0 Å². The van der Waals surface area contributed by atoms with Gasteiger partial charge < -0.3 is 0 Å². The number of hydrogen-bond donors (Lipinski definition) is 0. The number of aliphatic imine (C=N–C) groups is 2. The minimum atomic E-state index is 1.01. The highest BCUT2D eigenvalue weighted by Crippen LogP contribution is 2.23. The summed E-state index contributed by atoms with van der Waals surface area (Å²) in [5.41, 5.74) is 4.64. The van der Waals surface area contributed by atoms with Crippen LogP contribution in [0.2, 0.25) is 0 Å². The summed E-state index contributed by atoms with van der Waals surface area (Å²) >= 11 is 0. The number of benzene rings is 2. The first-order valence-corrected chi connectivity index (χ1v) is 13.7. The van der Waals surface area contributed by atoms with E-state index in [1.807, 2.05) is 0 Å². The Hall–Kier alpha value is -2.18. The lowest BCUT2D eigenvalue weighted by molar-refractivity contribution is 0.589. The fourth-order valence-corrected chi connectivity index (χ4v) is 4.34. The van der Waals surface area contributed by atoms with E-state index in [-0.39, 0.29) is 0 Å². The van der Waals surface area contributed by atoms with E-state index >= 15 is 0 Å². The van der Waals surface area contributed by atoms with Gasteiger partial charge >= 0.3 is 0 Å². The molecule has 2 rings (SSSR count). The molecule has 0 amide bonds. The zero-order valence-corrected chi connectivity index (χ0v) is 21.3. The van der Waals surface area contributed by atoms with Gasteiger partial charge in [-0.05, 0) is 48.9 Å². The van der Waals surface area contributed by atoms with Gasteiger partial charge in [-0.25, -0.2) is 0 Å². The van der Waals surface area contributed by atoms with Crippen LogP contribution < -0.4 is 0 Å². The molecular formula is C31H46N2. The number of para-hydroxylation sites is 2. The summed E-state index contributed by atoms with van der Waals surface area (Å²) in [5, 5.41) is 0. The summed E-state index contributed by atoms with van der Waals surface area (Å²) < 4.78 is 0. The number of aryl methyl sites for hydroxylation is 2. The van der Waals surface area contributed by atoms with E-state index in [0.717, 1.165) is 24.2 Å². The highest BCUT2D eigenvalue weighted by Gasteiger charge is 2.02. The van der Waals surface area contributed by atoms with Gasteiger partial charge in [-0.2, -0.15) is 9.98 Å². The van der Waals surface area contributed by atoms with Gasteiger partial charge in [-0.1, -0.05) is 127 Å². The molecule has 0 spiro atoms. The molecule has 0 heterocycles. The Morgan fingerprint density at radius 2 is 0.848 bits per heavy atom. The molecular weight excluding hydrogens is 400 g/mol. The van der Waals surface area contributed by atoms with E-state index < -0.39 is 0 Å². The maximum atomic E-state index is 4.60. The van der Waals surface area contributed by atoms with Crippen molar-refractivity contribution in [2.45, 2.75) is 117 Å². The first kappa shape index (κ1) is 27.1. The highest BCUT2D eigenvalue weighted by atomic mass is 14.8. The van der Waals surface area contributed by atoms with E-state index in [0.29, 0.717) is 0 Å². The lowest BCUT2D eigenvalue weighted by Crippen LogP contribution is -1.88. The van der Waals surface area contributed by atoms with Gasteiger partial charge in [0.05, 0.1) is 11.4 Å². The van der Waals surface area contributed by atoms with Gasteiger partial charge in [0.25, 0.3) is 0 Å². The first-order valence-electron chi connectivity index (χ1n) is 13.7. The molecule has 0 N–H and O–H groups in total. The minimum absolute atomic E-state index is 1.01. The van der Waals surface area contributed by atoms with Crippen LogP contribution in [0.15, 0.2) is 58.5 Å². The topological polar surface area (TPSA) is 24.7 Å². The molecule has 0 aliphatic carbocycles. The molecule has 0 radical (unpaired) electrons. The predicted molar refractivity (Wildman–Crippen MR) is 145 cm³/mol. The summed E-state index contributed by atoms with van der Waals surface area (Å²) in [7, 11) is 0. The Kier molecular flexibility index (Phi) is 15.0. The molecule has 33 heavy (non-hydrogen) atoms. The van der Waals surface area contributed by atoms with Crippen LogP contribution in [-0.4, -0.2) is 6.01 Å². The second-order valence-electron chi connectivity index (χ2n) is 9.32. The van der Waals surface area contributed by atoms with E-state index in [2.05, 4.69) is 78.4 Å². The third-order valence-corrected chi connectivity index (χ3v) is 6.42. The standard InChI is InChI=1S/C31H46N2/c1-3-5-7-9-11-13-15-21-28-23-17-19-25-30(28)32-27-33-31-26-20-18-24-29(31)22-16-14-12-10-8-6-4-2/h17-20,23-26H,3-16,21-22H2,1-2H3. The molecule has 2 aromatic carbocycles. The van der Waals surface area contributed by atoms with Crippen molar-refractivity contribution in [3.05, 3.63) is 59.7 Å². The molecule has 2 aromatic rings. The van der Waals surface area contributed by atoms with Crippen molar-refractivity contribution in [1.82, 2.24) is 0 Å². The normalized spacial score (nSPS) is 10.7. The molecule has 0 atom stereocenters. The molecule has 0 saturated carbocycles. The van der Waals surface area contributed by atoms with Crippen LogP contribution in [0.1, 0.15) is 115 Å². The molecule has 0 saturated heterocycles. The van der Waals surface area contributed by atoms with Crippen LogP contribution in [0.3, 0.4) is 0 Å². The van der Waals surface area contributed by atoms with Crippen molar-refractivity contribution < 1.29 is 0 Å². The Morgan fingerprint density at radius 3 is 1.27 bits per heavy atom. The van der Waals surface area contributed by atoms with Crippen molar-refractivity contribution in [3.63, 3.8) is 0 Å². The SMILES string of the molecule is CCCCCCCCCc1ccccc1N=C=Nc1ccccc1CCCCCCCCC. The number of nitrogens with zero attached hydrogens (tertiary/aromatic N) is 2. The van der Waals surface area contributed by atoms with Crippen LogP contribution in [0.4, 0.5) is 11.4 Å². The van der Waals surface area contributed by atoms with E-state index in [1.165, 1.54) is 101 Å². The Morgan fingerprint density at radius 1 is 0.485 bits per heavy atom. The Bertz CT molecular complexity index is 752. The second-order valence-corrected chi connectivity index (χ2v) is 9.32. The van der Waals surface area contributed by atoms with E-state index in [1.54, 1.807) is 0 Å². The van der Waals surface area contributed by atoms with Crippen molar-refractivity contribution in [2.24, 2.45) is 9.98 Å². The lowest BCUT2D eigenvalue weighted by atomic mass is 10.0.